The predicted octanol–water partition coefficient (Wildman–Crippen LogP) is -1.98. The maximum absolute atomic E-state index is 10.8. The van der Waals surface area contributed by atoms with Gasteiger partial charge in [-0.1, -0.05) is 0 Å². The molecule has 0 aliphatic carbocycles. The Morgan fingerprint density at radius 1 is 1.58 bits per heavy atom. The van der Waals surface area contributed by atoms with E-state index in [0.29, 0.717) is 0 Å². The molecule has 0 amide bonds. The lowest BCUT2D eigenvalue weighted by Crippen LogP contribution is -2.44. The van der Waals surface area contributed by atoms with Crippen molar-refractivity contribution in [3.8, 4) is 11.5 Å². The van der Waals surface area contributed by atoms with Gasteiger partial charge in [0.05, 0.1) is 0 Å². The fourth-order valence-corrected chi connectivity index (χ4v) is 0.828. The Labute approximate surface area is 65.4 Å². The molecule has 1 N–H and O–H groups in total. The van der Waals surface area contributed by atoms with Crippen LogP contribution in [0.25, 0.3) is 11.5 Å². The van der Waals surface area contributed by atoms with Gasteiger partial charge >= 0.3 is 0 Å². The van der Waals surface area contributed by atoms with E-state index in [1.54, 1.807) is 0 Å². The molecule has 0 aromatic carbocycles. The van der Waals surface area contributed by atoms with Crippen LogP contribution in [0.4, 0.5) is 0 Å². The van der Waals surface area contributed by atoms with Crippen molar-refractivity contribution < 1.29 is 9.43 Å². The Morgan fingerprint density at radius 2 is 2.33 bits per heavy atom. The maximum atomic E-state index is 10.8. The molecule has 12 heavy (non-hydrogen) atoms. The first kappa shape index (κ1) is 6.70. The zero-order valence-corrected chi connectivity index (χ0v) is 6.05. The smallest absolute Gasteiger partial charge is 0.259 e. The molecule has 0 saturated carbocycles. The minimum absolute atomic E-state index is 0.0440. The zero-order chi connectivity index (χ0) is 8.72. The fourth-order valence-electron chi connectivity index (χ4n) is 0.828. The van der Waals surface area contributed by atoms with Crippen LogP contribution in [0.1, 0.15) is 0 Å². The Hall–Kier alpha value is -1.99. The lowest BCUT2D eigenvalue weighted by molar-refractivity contribution is -0.787. The topological polar surface area (TPSA) is 108 Å². The molecule has 0 atom stereocenters. The van der Waals surface area contributed by atoms with Crippen LogP contribution in [0, 0.1) is 10.6 Å². The largest absolute Gasteiger partial charge is 0.459 e. The summed E-state index contributed by atoms with van der Waals surface area (Å²) < 4.78 is 4.23. The predicted molar refractivity (Wildman–Crippen MR) is 32.5 cm³/mol. The highest BCUT2D eigenvalue weighted by Crippen LogP contribution is 2.07. The van der Waals surface area contributed by atoms with E-state index < -0.39 is 0 Å². The van der Waals surface area contributed by atoms with Crippen LogP contribution in [0.3, 0.4) is 0 Å². The summed E-state index contributed by atoms with van der Waals surface area (Å²) in [5.41, 5.74) is -0.0797. The monoisotopic (exact) mass is 168 g/mol. The lowest BCUT2D eigenvalue weighted by atomic mass is 10.4. The summed E-state index contributed by atoms with van der Waals surface area (Å²) in [7, 11) is 1.50. The van der Waals surface area contributed by atoms with E-state index in [-0.39, 0.29) is 21.9 Å². The van der Waals surface area contributed by atoms with Gasteiger partial charge in [-0.3, -0.25) is 5.41 Å². The molecule has 2 aliphatic rings. The second-order valence-corrected chi connectivity index (χ2v) is 2.14. The van der Waals surface area contributed by atoms with Crippen molar-refractivity contribution >= 4 is 0 Å². The first-order valence-corrected chi connectivity index (χ1v) is 3.04. The summed E-state index contributed by atoms with van der Waals surface area (Å²) in [5.74, 6) is -0.0440. The highest BCUT2D eigenvalue weighted by Gasteiger charge is 2.17. The Morgan fingerprint density at radius 3 is 3.08 bits per heavy atom. The molecule has 0 saturated heterocycles. The number of nitrogens with zero attached hydrogens (tertiary/aromatic N) is 5. The highest BCUT2D eigenvalue weighted by atomic mass is 16.8. The van der Waals surface area contributed by atoms with E-state index in [9.17, 15) is 5.21 Å². The summed E-state index contributed by atoms with van der Waals surface area (Å²) in [6, 6.07) is 0. The van der Waals surface area contributed by atoms with E-state index in [2.05, 4.69) is 20.0 Å². The van der Waals surface area contributed by atoms with Gasteiger partial charge < -0.3 is 9.84 Å². The highest BCUT2D eigenvalue weighted by molar-refractivity contribution is 5.44. The van der Waals surface area contributed by atoms with Gasteiger partial charge in [-0.2, -0.15) is 10.1 Å². The number of nitrogens with one attached hydrogen (secondary N) is 1. The van der Waals surface area contributed by atoms with Crippen LogP contribution in [-0.4, -0.2) is 20.3 Å². The Kier molecular flexibility index (Phi) is 1.12. The zero-order valence-electron chi connectivity index (χ0n) is 6.05. The summed E-state index contributed by atoms with van der Waals surface area (Å²) in [6.45, 7) is 0. The summed E-state index contributed by atoms with van der Waals surface area (Å²) in [4.78, 5) is 1.24. The van der Waals surface area contributed by atoms with Gasteiger partial charge in [0.25, 0.3) is 5.82 Å². The third kappa shape index (κ3) is 0.743. The summed E-state index contributed by atoms with van der Waals surface area (Å²) in [6.07, 6.45) is 0. The second kappa shape index (κ2) is 2.00. The van der Waals surface area contributed by atoms with Crippen LogP contribution >= 0.6 is 0 Å². The molecule has 0 fully saturated rings. The van der Waals surface area contributed by atoms with Crippen LogP contribution < -0.4 is 10.3 Å². The minimum Gasteiger partial charge on any atom is -0.459 e. The number of aromatic nitrogens is 5. The quantitative estimate of drug-likeness (QED) is 0.458. The third-order valence-corrected chi connectivity index (χ3v) is 1.30. The molecule has 62 valence electrons. The number of aryl methyl sites for hydroxylation is 1. The number of fused-ring (bicyclic) bond motifs is 1. The standard InChI is InChI=1S/C4H4N6O2/c1-9-6-3(5)2-4(7-9)10(11)12-8-2/h5H,1H3. The molecule has 8 nitrogen and oxygen atoms in total. The van der Waals surface area contributed by atoms with Crippen LogP contribution in [-0.2, 0) is 7.05 Å². The average Bonchev–Trinajstić information content (AvgIpc) is 2.33. The molecule has 2 aliphatic heterocycles. The van der Waals surface area contributed by atoms with E-state index in [1.807, 2.05) is 0 Å². The molecule has 0 bridgehead atoms. The van der Waals surface area contributed by atoms with E-state index in [1.165, 1.54) is 7.05 Å². The fraction of sp³-hybridized carbons (Fsp3) is 0.250. The van der Waals surface area contributed by atoms with Crippen molar-refractivity contribution in [2.75, 3.05) is 0 Å². The van der Waals surface area contributed by atoms with Crippen molar-refractivity contribution in [3.05, 3.63) is 10.7 Å². The summed E-state index contributed by atoms with van der Waals surface area (Å²) in [5, 5.41) is 28.7. The van der Waals surface area contributed by atoms with Crippen molar-refractivity contribution in [2.24, 2.45) is 7.05 Å². The van der Waals surface area contributed by atoms with Gasteiger partial charge in [-0.15, -0.1) is 0 Å². The number of hydrogen-bond acceptors (Lipinski definition) is 6. The lowest BCUT2D eigenvalue weighted by Gasteiger charge is -1.94. The van der Waals surface area contributed by atoms with Gasteiger partial charge in [-0.05, 0) is 0 Å². The second-order valence-electron chi connectivity index (χ2n) is 2.14. The molecule has 2 heterocycles. The molecular weight excluding hydrogens is 164 g/mol. The first-order valence-electron chi connectivity index (χ1n) is 3.04. The maximum Gasteiger partial charge on any atom is 0.259 e. The van der Waals surface area contributed by atoms with Gasteiger partial charge in [0, 0.05) is 15.0 Å². The van der Waals surface area contributed by atoms with E-state index >= 15 is 0 Å². The molecule has 8 heteroatoms. The molecule has 0 spiro atoms. The van der Waals surface area contributed by atoms with E-state index in [0.717, 1.165) is 4.80 Å². The van der Waals surface area contributed by atoms with Crippen LogP contribution in [0.2, 0.25) is 0 Å². The number of hydrogen-bond donors (Lipinski definition) is 1. The van der Waals surface area contributed by atoms with Crippen molar-refractivity contribution in [1.29, 1.82) is 5.41 Å². The Bertz CT molecular complexity index is 444. The molecule has 0 aromatic rings. The van der Waals surface area contributed by atoms with Gasteiger partial charge in [0.15, 0.2) is 12.7 Å². The third-order valence-electron chi connectivity index (χ3n) is 1.30. The number of rotatable bonds is 0. The van der Waals surface area contributed by atoms with Crippen LogP contribution in [0.15, 0.2) is 4.63 Å². The molecule has 2 rings (SSSR count). The summed E-state index contributed by atoms with van der Waals surface area (Å²) >= 11 is 0. The average molecular weight is 168 g/mol. The van der Waals surface area contributed by atoms with Gasteiger partial charge in [-0.25, -0.2) is 0 Å². The van der Waals surface area contributed by atoms with Gasteiger partial charge in [0.2, 0.25) is 5.49 Å². The minimum atomic E-state index is -0.138. The van der Waals surface area contributed by atoms with Crippen LogP contribution in [0.5, 0.6) is 0 Å². The first-order chi connectivity index (χ1) is 5.68. The van der Waals surface area contributed by atoms with Crippen molar-refractivity contribution in [2.45, 2.75) is 0 Å². The SMILES string of the molecule is C[n+]1nc2n([O-])onc-2c(=N)n1. The van der Waals surface area contributed by atoms with Gasteiger partial charge in [0.1, 0.15) is 0 Å². The Balaban J connectivity index is 2.90. The molecular formula is C4H4N6O2. The molecule has 0 radical (unpaired) electrons. The molecule has 0 unspecified atom stereocenters. The van der Waals surface area contributed by atoms with E-state index in [4.69, 9.17) is 5.41 Å². The van der Waals surface area contributed by atoms with Crippen molar-refractivity contribution in [3.63, 3.8) is 0 Å². The normalized spacial score (nSPS) is 10.8. The molecule has 0 aromatic heterocycles. The van der Waals surface area contributed by atoms with Crippen molar-refractivity contribution in [1.82, 2.24) is 20.3 Å².